The van der Waals surface area contributed by atoms with Crippen LogP contribution in [0.3, 0.4) is 0 Å². The van der Waals surface area contributed by atoms with Crippen LogP contribution < -0.4 is 24.4 Å². The number of carbonyl (C=O) groups excluding carboxylic acids is 2. The summed E-state index contributed by atoms with van der Waals surface area (Å²) < 4.78 is 51.5. The zero-order valence-electron chi connectivity index (χ0n) is 22.1. The van der Waals surface area contributed by atoms with Gasteiger partial charge < -0.3 is 20.1 Å². The summed E-state index contributed by atoms with van der Waals surface area (Å²) >= 11 is 0. The molecule has 0 aliphatic carbocycles. The Kier molecular flexibility index (Phi) is 9.85. The van der Waals surface area contributed by atoms with Crippen molar-refractivity contribution in [3.63, 3.8) is 0 Å². The zero-order chi connectivity index (χ0) is 28.6. The molecule has 0 unspecified atom stereocenters. The van der Waals surface area contributed by atoms with Crippen LogP contribution >= 0.6 is 0 Å². The molecular weight excluding hydrogens is 527 g/mol. The van der Waals surface area contributed by atoms with Crippen LogP contribution in [-0.4, -0.2) is 65.9 Å². The van der Waals surface area contributed by atoms with E-state index < -0.39 is 34.4 Å². The van der Waals surface area contributed by atoms with Crippen LogP contribution in [0.5, 0.6) is 11.5 Å². The lowest BCUT2D eigenvalue weighted by molar-refractivity contribution is -0.114. The first-order valence-corrected chi connectivity index (χ1v) is 13.3. The summed E-state index contributed by atoms with van der Waals surface area (Å²) in [6.45, 7) is -0.280. The lowest BCUT2D eigenvalue weighted by Crippen LogP contribution is -2.44. The van der Waals surface area contributed by atoms with Crippen molar-refractivity contribution in [3.8, 4) is 11.5 Å². The molecule has 0 aliphatic heterocycles. The maximum absolute atomic E-state index is 13.4. The van der Waals surface area contributed by atoms with E-state index in [1.54, 1.807) is 44.6 Å². The number of benzene rings is 3. The number of ether oxygens (including phenoxy) is 2. The Bertz CT molecular complexity index is 1410. The lowest BCUT2D eigenvalue weighted by Gasteiger charge is -2.27. The van der Waals surface area contributed by atoms with Gasteiger partial charge >= 0.3 is 10.2 Å². The molecule has 0 aliphatic rings. The molecule has 0 aromatic heterocycles. The zero-order valence-corrected chi connectivity index (χ0v) is 22.9. The van der Waals surface area contributed by atoms with Gasteiger partial charge in [0.2, 0.25) is 5.91 Å². The van der Waals surface area contributed by atoms with Crippen LogP contribution in [0.2, 0.25) is 0 Å². The molecule has 0 bridgehead atoms. The Labute approximate surface area is 227 Å². The Morgan fingerprint density at radius 3 is 2.23 bits per heavy atom. The summed E-state index contributed by atoms with van der Waals surface area (Å²) in [7, 11) is 1.67. The second kappa shape index (κ2) is 13.1. The van der Waals surface area contributed by atoms with Gasteiger partial charge in [-0.3, -0.25) is 9.59 Å². The van der Waals surface area contributed by atoms with Crippen molar-refractivity contribution in [2.75, 3.05) is 51.0 Å². The minimum atomic E-state index is -4.08. The number of nitrogens with one attached hydrogen (secondary N) is 2. The average molecular weight is 559 g/mol. The second-order valence-corrected chi connectivity index (χ2v) is 10.6. The van der Waals surface area contributed by atoms with Crippen LogP contribution in [0.25, 0.3) is 0 Å². The smallest absolute Gasteiger partial charge is 0.304 e. The van der Waals surface area contributed by atoms with Crippen LogP contribution in [0.4, 0.5) is 15.8 Å². The summed E-state index contributed by atoms with van der Waals surface area (Å²) in [5.41, 5.74) is 1.47. The van der Waals surface area contributed by atoms with Gasteiger partial charge in [0.05, 0.1) is 31.2 Å². The van der Waals surface area contributed by atoms with Gasteiger partial charge in [-0.1, -0.05) is 18.2 Å². The number of nitrogens with zero attached hydrogens (tertiary/aromatic N) is 2. The minimum absolute atomic E-state index is 0.112. The van der Waals surface area contributed by atoms with Gasteiger partial charge in [0.1, 0.15) is 12.4 Å². The van der Waals surface area contributed by atoms with Crippen molar-refractivity contribution in [1.29, 1.82) is 0 Å². The summed E-state index contributed by atoms with van der Waals surface area (Å²) in [6, 6.07) is 16.6. The van der Waals surface area contributed by atoms with E-state index in [9.17, 15) is 22.4 Å². The summed E-state index contributed by atoms with van der Waals surface area (Å²) in [5.74, 6) is -0.457. The minimum Gasteiger partial charge on any atom is -0.493 e. The summed E-state index contributed by atoms with van der Waals surface area (Å²) in [5, 5.41) is 5.45. The molecule has 10 nitrogen and oxygen atoms in total. The summed E-state index contributed by atoms with van der Waals surface area (Å²) in [6.07, 6.45) is 0.523. The van der Waals surface area contributed by atoms with Crippen LogP contribution in [-0.2, 0) is 21.4 Å². The highest BCUT2D eigenvalue weighted by Crippen LogP contribution is 2.27. The fourth-order valence-corrected chi connectivity index (χ4v) is 4.74. The number of halogens is 1. The molecule has 39 heavy (non-hydrogen) atoms. The van der Waals surface area contributed by atoms with Crippen molar-refractivity contribution in [2.24, 2.45) is 0 Å². The van der Waals surface area contributed by atoms with Crippen LogP contribution in [0.15, 0.2) is 66.7 Å². The fourth-order valence-electron chi connectivity index (χ4n) is 3.67. The first-order valence-electron chi connectivity index (χ1n) is 11.9. The average Bonchev–Trinajstić information content (AvgIpc) is 2.92. The third kappa shape index (κ3) is 7.45. The van der Waals surface area contributed by atoms with Gasteiger partial charge in [-0.25, -0.2) is 8.70 Å². The van der Waals surface area contributed by atoms with E-state index >= 15 is 0 Å². The highest BCUT2D eigenvalue weighted by atomic mass is 32.2. The molecule has 0 saturated heterocycles. The van der Waals surface area contributed by atoms with Crippen LogP contribution in [0, 0.1) is 5.82 Å². The SMILES string of the molecule is COc1ccc(CCNC(=O)c2ccccc2NC(=O)CN(c2ccc(F)cc2)S(=O)(=O)N(C)C)cc1OC. The predicted octanol–water partition coefficient (Wildman–Crippen LogP) is 3.07. The molecule has 208 valence electrons. The lowest BCUT2D eigenvalue weighted by atomic mass is 10.1. The van der Waals surface area contributed by atoms with Gasteiger partial charge in [0.25, 0.3) is 5.91 Å². The standard InChI is InChI=1S/C27H31FN4O6S/c1-31(2)39(35,36)32(21-12-10-20(28)11-13-21)18-26(33)30-23-8-6-5-7-22(23)27(34)29-16-15-19-9-14-24(37-3)25(17-19)38-4/h5-14,17H,15-16,18H2,1-4H3,(H,29,34)(H,30,33). The van der Waals surface area contributed by atoms with E-state index in [2.05, 4.69) is 10.6 Å². The van der Waals surface area contributed by atoms with E-state index in [-0.39, 0.29) is 16.9 Å². The maximum atomic E-state index is 13.4. The molecule has 0 heterocycles. The first kappa shape index (κ1) is 29.4. The predicted molar refractivity (Wildman–Crippen MR) is 147 cm³/mol. The summed E-state index contributed by atoms with van der Waals surface area (Å²) in [4.78, 5) is 25.9. The molecule has 0 atom stereocenters. The van der Waals surface area contributed by atoms with Crippen molar-refractivity contribution >= 4 is 33.4 Å². The molecule has 12 heteroatoms. The molecule has 0 spiro atoms. The number of rotatable bonds is 12. The third-order valence-corrected chi connectivity index (χ3v) is 7.55. The normalized spacial score (nSPS) is 11.1. The Morgan fingerprint density at radius 2 is 1.59 bits per heavy atom. The highest BCUT2D eigenvalue weighted by Gasteiger charge is 2.28. The number of para-hydroxylation sites is 1. The van der Waals surface area contributed by atoms with E-state index in [4.69, 9.17) is 9.47 Å². The maximum Gasteiger partial charge on any atom is 0.304 e. The molecule has 0 fully saturated rings. The first-order chi connectivity index (χ1) is 18.6. The Morgan fingerprint density at radius 1 is 0.923 bits per heavy atom. The topological polar surface area (TPSA) is 117 Å². The van der Waals surface area contributed by atoms with E-state index in [0.29, 0.717) is 24.5 Å². The molecule has 2 amide bonds. The number of anilines is 2. The molecule has 0 radical (unpaired) electrons. The highest BCUT2D eigenvalue weighted by molar-refractivity contribution is 7.90. The number of carbonyl (C=O) groups is 2. The number of amides is 2. The Hall–Kier alpha value is -4.16. The number of hydrogen-bond donors (Lipinski definition) is 2. The fraction of sp³-hybridized carbons (Fsp3) is 0.259. The van der Waals surface area contributed by atoms with E-state index in [0.717, 1.165) is 26.3 Å². The molecule has 3 rings (SSSR count). The van der Waals surface area contributed by atoms with Gasteiger partial charge in [-0.2, -0.15) is 12.7 Å². The third-order valence-electron chi connectivity index (χ3n) is 5.73. The number of methoxy groups -OCH3 is 2. The largest absolute Gasteiger partial charge is 0.493 e. The monoisotopic (exact) mass is 558 g/mol. The molecule has 2 N–H and O–H groups in total. The second-order valence-electron chi connectivity index (χ2n) is 8.56. The Balaban J connectivity index is 1.70. The van der Waals surface area contributed by atoms with Crippen molar-refractivity contribution in [2.45, 2.75) is 6.42 Å². The van der Waals surface area contributed by atoms with Gasteiger partial charge in [0, 0.05) is 20.6 Å². The van der Waals surface area contributed by atoms with Gasteiger partial charge in [-0.05, 0) is 60.5 Å². The van der Waals surface area contributed by atoms with Crippen LogP contribution in [0.1, 0.15) is 15.9 Å². The van der Waals surface area contributed by atoms with E-state index in [1.807, 2.05) is 12.1 Å². The van der Waals surface area contributed by atoms with Crippen molar-refractivity contribution < 1.29 is 31.9 Å². The molecule has 3 aromatic rings. The molecule has 3 aromatic carbocycles. The van der Waals surface area contributed by atoms with Crippen molar-refractivity contribution in [3.05, 3.63) is 83.7 Å². The van der Waals surface area contributed by atoms with Crippen molar-refractivity contribution in [1.82, 2.24) is 9.62 Å². The van der Waals surface area contributed by atoms with E-state index in [1.165, 1.54) is 26.2 Å². The quantitative estimate of drug-likeness (QED) is 0.353. The molecular formula is C27H31FN4O6S. The van der Waals surface area contributed by atoms with Gasteiger partial charge in [0.15, 0.2) is 11.5 Å². The van der Waals surface area contributed by atoms with Gasteiger partial charge in [-0.15, -0.1) is 0 Å². The molecule has 0 saturated carbocycles. The number of hydrogen-bond acceptors (Lipinski definition) is 6.